The number of hydrogen-bond acceptors (Lipinski definition) is 5. The molecule has 0 aliphatic carbocycles. The first-order valence-corrected chi connectivity index (χ1v) is 9.18. The lowest BCUT2D eigenvalue weighted by molar-refractivity contribution is -0.141. The number of morpholine rings is 1. The van der Waals surface area contributed by atoms with Crippen LogP contribution in [0.5, 0.6) is 5.75 Å². The van der Waals surface area contributed by atoms with Gasteiger partial charge < -0.3 is 25.0 Å². The zero-order chi connectivity index (χ0) is 18.7. The average Bonchev–Trinajstić information content (AvgIpc) is 2.69. The summed E-state index contributed by atoms with van der Waals surface area (Å²) in [7, 11) is 1.49. The van der Waals surface area contributed by atoms with Gasteiger partial charge in [-0.3, -0.25) is 9.59 Å². The number of nitrogens with two attached hydrogens (primary N) is 1. The number of carbonyl (C=O) groups is 2. The summed E-state index contributed by atoms with van der Waals surface area (Å²) in [5.74, 6) is 0.395. The molecule has 150 valence electrons. The van der Waals surface area contributed by atoms with E-state index in [1.807, 2.05) is 4.90 Å². The van der Waals surface area contributed by atoms with Crippen LogP contribution in [0.4, 0.5) is 5.69 Å². The Morgan fingerprint density at radius 1 is 1.15 bits per heavy atom. The van der Waals surface area contributed by atoms with Crippen LogP contribution >= 0.6 is 24.0 Å². The minimum absolute atomic E-state index is 0. The first-order valence-electron chi connectivity index (χ1n) is 8.80. The maximum absolute atomic E-state index is 12.9. The molecule has 2 aliphatic rings. The van der Waals surface area contributed by atoms with Gasteiger partial charge in [-0.25, -0.2) is 0 Å². The molecular formula is C18H25Cl2N3O4. The maximum atomic E-state index is 12.9. The van der Waals surface area contributed by atoms with E-state index in [2.05, 4.69) is 0 Å². The molecule has 1 aromatic rings. The van der Waals surface area contributed by atoms with E-state index >= 15 is 0 Å². The van der Waals surface area contributed by atoms with E-state index in [0.29, 0.717) is 74.3 Å². The van der Waals surface area contributed by atoms with Crippen molar-refractivity contribution in [2.45, 2.75) is 12.8 Å². The second kappa shape index (κ2) is 9.48. The molecule has 2 N–H and O–H groups in total. The van der Waals surface area contributed by atoms with E-state index in [1.54, 1.807) is 17.0 Å². The standard InChI is InChI=1S/C18H24ClN3O4.ClH/c1-25-16-11-15(20)14(19)10-13(16)18(24)21-4-2-12(3-5-21)17(23)22-6-8-26-9-7-22;/h10-12H,2-9,20H2,1H3;1H. The quantitative estimate of drug-likeness (QED) is 0.760. The Morgan fingerprint density at radius 3 is 2.37 bits per heavy atom. The Morgan fingerprint density at radius 2 is 1.78 bits per heavy atom. The Kier molecular flexibility index (Phi) is 7.59. The molecule has 3 rings (SSSR count). The average molecular weight is 418 g/mol. The Bertz CT molecular complexity index is 687. The van der Waals surface area contributed by atoms with Crippen molar-refractivity contribution < 1.29 is 19.1 Å². The minimum Gasteiger partial charge on any atom is -0.496 e. The number of methoxy groups -OCH3 is 1. The monoisotopic (exact) mass is 417 g/mol. The van der Waals surface area contributed by atoms with Gasteiger partial charge >= 0.3 is 0 Å². The number of benzene rings is 1. The molecule has 2 heterocycles. The Hall–Kier alpha value is -1.70. The van der Waals surface area contributed by atoms with Crippen LogP contribution in [0.2, 0.25) is 5.02 Å². The summed E-state index contributed by atoms with van der Waals surface area (Å²) < 4.78 is 10.6. The minimum atomic E-state index is -0.152. The van der Waals surface area contributed by atoms with Crippen LogP contribution in [0.15, 0.2) is 12.1 Å². The van der Waals surface area contributed by atoms with Gasteiger partial charge in [0.05, 0.1) is 36.6 Å². The van der Waals surface area contributed by atoms with Gasteiger partial charge in [0, 0.05) is 38.2 Å². The number of nitrogen functional groups attached to an aromatic ring is 1. The number of ether oxygens (including phenoxy) is 2. The fourth-order valence-corrected chi connectivity index (χ4v) is 3.61. The largest absolute Gasteiger partial charge is 0.496 e. The van der Waals surface area contributed by atoms with Crippen LogP contribution in [0.1, 0.15) is 23.2 Å². The van der Waals surface area contributed by atoms with Crippen molar-refractivity contribution >= 4 is 41.5 Å². The highest BCUT2D eigenvalue weighted by molar-refractivity contribution is 6.33. The Balaban J connectivity index is 0.00000261. The summed E-state index contributed by atoms with van der Waals surface area (Å²) in [5.41, 5.74) is 6.54. The van der Waals surface area contributed by atoms with Gasteiger partial charge in [-0.05, 0) is 18.9 Å². The van der Waals surface area contributed by atoms with Crippen molar-refractivity contribution in [2.75, 3.05) is 52.2 Å². The number of likely N-dealkylation sites (tertiary alicyclic amines) is 1. The highest BCUT2D eigenvalue weighted by Crippen LogP contribution is 2.31. The summed E-state index contributed by atoms with van der Waals surface area (Å²) >= 11 is 6.06. The lowest BCUT2D eigenvalue weighted by Gasteiger charge is -2.35. The van der Waals surface area contributed by atoms with Crippen molar-refractivity contribution in [2.24, 2.45) is 5.92 Å². The van der Waals surface area contributed by atoms with Crippen LogP contribution in [0.3, 0.4) is 0 Å². The van der Waals surface area contributed by atoms with Gasteiger partial charge in [0.15, 0.2) is 0 Å². The fraction of sp³-hybridized carbons (Fsp3) is 0.556. The highest BCUT2D eigenvalue weighted by Gasteiger charge is 2.32. The van der Waals surface area contributed by atoms with E-state index in [-0.39, 0.29) is 30.1 Å². The van der Waals surface area contributed by atoms with Crippen LogP contribution in [-0.2, 0) is 9.53 Å². The van der Waals surface area contributed by atoms with Crippen molar-refractivity contribution in [3.63, 3.8) is 0 Å². The van der Waals surface area contributed by atoms with Gasteiger partial charge in [0.25, 0.3) is 5.91 Å². The van der Waals surface area contributed by atoms with Crippen molar-refractivity contribution in [1.82, 2.24) is 9.80 Å². The number of anilines is 1. The fourth-order valence-electron chi connectivity index (χ4n) is 3.45. The first-order chi connectivity index (χ1) is 12.5. The first kappa shape index (κ1) is 21.6. The van der Waals surface area contributed by atoms with Crippen LogP contribution in [0, 0.1) is 5.92 Å². The molecule has 0 atom stereocenters. The zero-order valence-corrected chi connectivity index (χ0v) is 16.9. The molecule has 2 aliphatic heterocycles. The van der Waals surface area contributed by atoms with Crippen LogP contribution in [0.25, 0.3) is 0 Å². The van der Waals surface area contributed by atoms with E-state index in [0.717, 1.165) is 0 Å². The lowest BCUT2D eigenvalue weighted by atomic mass is 9.94. The van der Waals surface area contributed by atoms with Crippen molar-refractivity contribution in [1.29, 1.82) is 0 Å². The van der Waals surface area contributed by atoms with Gasteiger partial charge in [-0.15, -0.1) is 12.4 Å². The molecule has 2 saturated heterocycles. The van der Waals surface area contributed by atoms with Crippen molar-refractivity contribution in [3.8, 4) is 5.75 Å². The molecule has 0 spiro atoms. The topological polar surface area (TPSA) is 85.1 Å². The third-order valence-corrected chi connectivity index (χ3v) is 5.33. The number of halogens is 2. The normalized spacial score (nSPS) is 18.0. The van der Waals surface area contributed by atoms with E-state index < -0.39 is 0 Å². The molecule has 2 fully saturated rings. The number of rotatable bonds is 3. The number of hydrogen-bond donors (Lipinski definition) is 1. The second-order valence-electron chi connectivity index (χ2n) is 6.58. The molecule has 0 aromatic heterocycles. The molecule has 0 radical (unpaired) electrons. The second-order valence-corrected chi connectivity index (χ2v) is 6.99. The van der Waals surface area contributed by atoms with Gasteiger partial charge in [0.2, 0.25) is 5.91 Å². The van der Waals surface area contributed by atoms with E-state index in [1.165, 1.54) is 7.11 Å². The van der Waals surface area contributed by atoms with Gasteiger partial charge in [-0.1, -0.05) is 11.6 Å². The Labute approximate surface area is 170 Å². The number of amides is 2. The number of piperidine rings is 1. The molecule has 2 amide bonds. The molecule has 7 nitrogen and oxygen atoms in total. The smallest absolute Gasteiger partial charge is 0.257 e. The van der Waals surface area contributed by atoms with Gasteiger partial charge in [0.1, 0.15) is 5.75 Å². The predicted molar refractivity (Wildman–Crippen MR) is 106 cm³/mol. The molecule has 0 bridgehead atoms. The summed E-state index contributed by atoms with van der Waals surface area (Å²) in [4.78, 5) is 29.1. The lowest BCUT2D eigenvalue weighted by Crippen LogP contribution is -2.47. The molecular weight excluding hydrogens is 393 g/mol. The third kappa shape index (κ3) is 4.78. The SMILES string of the molecule is COc1cc(N)c(Cl)cc1C(=O)N1CCC(C(=O)N2CCOCC2)CC1.Cl. The number of carbonyl (C=O) groups excluding carboxylic acids is 2. The summed E-state index contributed by atoms with van der Waals surface area (Å²) in [5, 5.41) is 0.325. The number of nitrogens with zero attached hydrogens (tertiary/aromatic N) is 2. The molecule has 27 heavy (non-hydrogen) atoms. The van der Waals surface area contributed by atoms with E-state index in [9.17, 15) is 9.59 Å². The molecule has 1 aromatic carbocycles. The zero-order valence-electron chi connectivity index (χ0n) is 15.3. The molecule has 9 heteroatoms. The van der Waals surface area contributed by atoms with Crippen LogP contribution < -0.4 is 10.5 Å². The predicted octanol–water partition coefficient (Wildman–Crippen LogP) is 2.06. The highest BCUT2D eigenvalue weighted by atomic mass is 35.5. The summed E-state index contributed by atoms with van der Waals surface area (Å²) in [6.07, 6.45) is 1.32. The van der Waals surface area contributed by atoms with Gasteiger partial charge in [-0.2, -0.15) is 0 Å². The molecule has 0 saturated carbocycles. The van der Waals surface area contributed by atoms with Crippen molar-refractivity contribution in [3.05, 3.63) is 22.7 Å². The summed E-state index contributed by atoms with van der Waals surface area (Å²) in [6.45, 7) is 3.56. The van der Waals surface area contributed by atoms with Crippen LogP contribution in [-0.4, -0.2) is 68.1 Å². The summed E-state index contributed by atoms with van der Waals surface area (Å²) in [6, 6.07) is 3.10. The molecule has 0 unspecified atom stereocenters. The third-order valence-electron chi connectivity index (χ3n) is 5.00. The van der Waals surface area contributed by atoms with E-state index in [4.69, 9.17) is 26.8 Å². The maximum Gasteiger partial charge on any atom is 0.257 e.